The molecular weight excluding hydrogens is 264 g/mol. The molecule has 3 rings (SSSR count). The van der Waals surface area contributed by atoms with Crippen molar-refractivity contribution < 1.29 is 9.90 Å². The van der Waals surface area contributed by atoms with Gasteiger partial charge < -0.3 is 9.67 Å². The molecule has 0 amide bonds. The lowest BCUT2D eigenvalue weighted by Gasteiger charge is -2.34. The molecule has 1 atom stereocenters. The molecule has 2 aromatic rings. The van der Waals surface area contributed by atoms with Gasteiger partial charge in [0.15, 0.2) is 0 Å². The van der Waals surface area contributed by atoms with E-state index in [1.807, 2.05) is 6.07 Å². The van der Waals surface area contributed by atoms with Crippen molar-refractivity contribution in [1.82, 2.24) is 9.55 Å². The minimum atomic E-state index is -0.899. The normalized spacial score (nSPS) is 17.1. The molecule has 0 radical (unpaired) electrons. The second-order valence-electron chi connectivity index (χ2n) is 6.43. The van der Waals surface area contributed by atoms with Crippen LogP contribution >= 0.6 is 0 Å². The molecule has 0 spiro atoms. The Morgan fingerprint density at radius 2 is 2.05 bits per heavy atom. The van der Waals surface area contributed by atoms with Crippen LogP contribution in [0.15, 0.2) is 18.2 Å². The van der Waals surface area contributed by atoms with Crippen LogP contribution in [0.1, 0.15) is 68.2 Å². The number of rotatable bonds is 4. The van der Waals surface area contributed by atoms with Crippen molar-refractivity contribution in [2.75, 3.05) is 0 Å². The Kier molecular flexibility index (Phi) is 3.47. The highest BCUT2D eigenvalue weighted by Gasteiger charge is 2.28. The third-order valence-electron chi connectivity index (χ3n) is 4.72. The number of carboxylic acid groups (broad SMARTS) is 1. The maximum absolute atomic E-state index is 11.1. The van der Waals surface area contributed by atoms with Gasteiger partial charge in [-0.05, 0) is 43.9 Å². The predicted molar refractivity (Wildman–Crippen MR) is 82.8 cm³/mol. The third-order valence-corrected chi connectivity index (χ3v) is 4.72. The van der Waals surface area contributed by atoms with Crippen molar-refractivity contribution in [3.63, 3.8) is 0 Å². The van der Waals surface area contributed by atoms with E-state index in [0.29, 0.717) is 17.5 Å². The van der Waals surface area contributed by atoms with E-state index < -0.39 is 5.97 Å². The molecule has 0 bridgehead atoms. The number of carboxylic acids is 1. The predicted octanol–water partition coefficient (Wildman–Crippen LogP) is 4.22. The van der Waals surface area contributed by atoms with Crippen LogP contribution in [-0.4, -0.2) is 20.6 Å². The van der Waals surface area contributed by atoms with Crippen molar-refractivity contribution in [2.24, 2.45) is 5.92 Å². The first-order chi connectivity index (χ1) is 9.99. The number of nitrogens with zero attached hydrogens (tertiary/aromatic N) is 2. The van der Waals surface area contributed by atoms with Crippen LogP contribution in [-0.2, 0) is 0 Å². The number of hydrogen-bond acceptors (Lipinski definition) is 2. The van der Waals surface area contributed by atoms with Crippen LogP contribution in [0.25, 0.3) is 11.0 Å². The van der Waals surface area contributed by atoms with Gasteiger partial charge in [-0.1, -0.05) is 20.3 Å². The Bertz CT molecular complexity index is 683. The summed E-state index contributed by atoms with van der Waals surface area (Å²) in [5.41, 5.74) is 2.16. The summed E-state index contributed by atoms with van der Waals surface area (Å²) in [7, 11) is 0. The van der Waals surface area contributed by atoms with E-state index in [1.54, 1.807) is 12.1 Å². The zero-order chi connectivity index (χ0) is 15.1. The van der Waals surface area contributed by atoms with Gasteiger partial charge in [-0.3, -0.25) is 0 Å². The number of fused-ring (bicyclic) bond motifs is 1. The van der Waals surface area contributed by atoms with E-state index in [0.717, 1.165) is 22.8 Å². The van der Waals surface area contributed by atoms with Crippen LogP contribution in [0.4, 0.5) is 0 Å². The summed E-state index contributed by atoms with van der Waals surface area (Å²) in [5, 5.41) is 9.14. The Hall–Kier alpha value is -1.84. The van der Waals surface area contributed by atoms with Crippen molar-refractivity contribution in [3.05, 3.63) is 29.6 Å². The van der Waals surface area contributed by atoms with E-state index in [1.165, 1.54) is 19.3 Å². The van der Waals surface area contributed by atoms with Gasteiger partial charge in [0.1, 0.15) is 5.82 Å². The SMILES string of the molecule is CC(C)c1nc2cc(C(=O)O)ccc2n1C(C)C1CCC1. The van der Waals surface area contributed by atoms with E-state index in [-0.39, 0.29) is 0 Å². The van der Waals surface area contributed by atoms with Crippen molar-refractivity contribution in [2.45, 2.75) is 52.0 Å². The Morgan fingerprint density at radius 1 is 1.33 bits per heavy atom. The Labute approximate surface area is 124 Å². The Morgan fingerprint density at radius 3 is 2.57 bits per heavy atom. The number of imidazole rings is 1. The van der Waals surface area contributed by atoms with Gasteiger partial charge >= 0.3 is 5.97 Å². The molecule has 1 saturated carbocycles. The lowest BCUT2D eigenvalue weighted by atomic mass is 9.80. The van der Waals surface area contributed by atoms with Crippen LogP contribution in [0.5, 0.6) is 0 Å². The highest BCUT2D eigenvalue weighted by Crippen LogP contribution is 2.39. The van der Waals surface area contributed by atoms with Gasteiger partial charge in [0.25, 0.3) is 0 Å². The first-order valence-corrected chi connectivity index (χ1v) is 7.74. The smallest absolute Gasteiger partial charge is 0.335 e. The van der Waals surface area contributed by atoms with Gasteiger partial charge in [-0.15, -0.1) is 0 Å². The molecule has 1 heterocycles. The van der Waals surface area contributed by atoms with Gasteiger partial charge in [0.2, 0.25) is 0 Å². The molecular formula is C17H22N2O2. The monoisotopic (exact) mass is 286 g/mol. The van der Waals surface area contributed by atoms with Gasteiger partial charge in [-0.25, -0.2) is 9.78 Å². The zero-order valence-corrected chi connectivity index (χ0v) is 12.8. The number of aromatic nitrogens is 2. The topological polar surface area (TPSA) is 55.1 Å². The molecule has 112 valence electrons. The maximum Gasteiger partial charge on any atom is 0.335 e. The molecule has 1 aliphatic carbocycles. The fourth-order valence-corrected chi connectivity index (χ4v) is 3.22. The number of hydrogen-bond donors (Lipinski definition) is 1. The molecule has 1 N–H and O–H groups in total. The van der Waals surface area contributed by atoms with Gasteiger partial charge in [0, 0.05) is 12.0 Å². The molecule has 1 aliphatic rings. The fourth-order valence-electron chi connectivity index (χ4n) is 3.22. The minimum absolute atomic E-state index is 0.304. The maximum atomic E-state index is 11.1. The van der Waals surface area contributed by atoms with Crippen molar-refractivity contribution >= 4 is 17.0 Å². The molecule has 4 nitrogen and oxygen atoms in total. The summed E-state index contributed by atoms with van der Waals surface area (Å²) in [5.74, 6) is 1.21. The number of benzene rings is 1. The van der Waals surface area contributed by atoms with E-state index >= 15 is 0 Å². The van der Waals surface area contributed by atoms with Gasteiger partial charge in [-0.2, -0.15) is 0 Å². The van der Waals surface area contributed by atoms with E-state index in [9.17, 15) is 4.79 Å². The highest BCUT2D eigenvalue weighted by molar-refractivity contribution is 5.92. The quantitative estimate of drug-likeness (QED) is 0.915. The summed E-state index contributed by atoms with van der Waals surface area (Å²) in [4.78, 5) is 15.8. The fraction of sp³-hybridized carbons (Fsp3) is 0.529. The highest BCUT2D eigenvalue weighted by atomic mass is 16.4. The molecule has 1 aromatic heterocycles. The second kappa shape index (κ2) is 5.17. The van der Waals surface area contributed by atoms with Crippen LogP contribution in [0.3, 0.4) is 0 Å². The van der Waals surface area contributed by atoms with Crippen molar-refractivity contribution in [3.8, 4) is 0 Å². The molecule has 0 saturated heterocycles. The second-order valence-corrected chi connectivity index (χ2v) is 6.43. The van der Waals surface area contributed by atoms with Crippen LogP contribution < -0.4 is 0 Å². The molecule has 21 heavy (non-hydrogen) atoms. The molecule has 1 fully saturated rings. The summed E-state index contributed by atoms with van der Waals surface area (Å²) >= 11 is 0. The number of carbonyl (C=O) groups is 1. The Balaban J connectivity index is 2.15. The molecule has 4 heteroatoms. The standard InChI is InChI=1S/C17H22N2O2/c1-10(2)16-18-14-9-13(17(20)21)7-8-15(14)19(16)11(3)12-5-4-6-12/h7-12H,4-6H2,1-3H3,(H,20,21). The van der Waals surface area contributed by atoms with E-state index in [4.69, 9.17) is 10.1 Å². The molecule has 1 aromatic carbocycles. The number of aromatic carboxylic acids is 1. The summed E-state index contributed by atoms with van der Waals surface area (Å²) in [6.45, 7) is 6.55. The first kappa shape index (κ1) is 14.1. The lowest BCUT2D eigenvalue weighted by molar-refractivity contribution is 0.0697. The molecule has 1 unspecified atom stereocenters. The average Bonchev–Trinajstić information content (AvgIpc) is 2.74. The van der Waals surface area contributed by atoms with Crippen molar-refractivity contribution in [1.29, 1.82) is 0 Å². The van der Waals surface area contributed by atoms with Crippen LogP contribution in [0, 0.1) is 5.92 Å². The first-order valence-electron chi connectivity index (χ1n) is 7.74. The largest absolute Gasteiger partial charge is 0.478 e. The third kappa shape index (κ3) is 2.33. The lowest BCUT2D eigenvalue weighted by Crippen LogP contribution is -2.24. The summed E-state index contributed by atoms with van der Waals surface area (Å²) in [6.07, 6.45) is 3.89. The van der Waals surface area contributed by atoms with Crippen LogP contribution in [0.2, 0.25) is 0 Å². The average molecular weight is 286 g/mol. The zero-order valence-electron chi connectivity index (χ0n) is 12.8. The summed E-state index contributed by atoms with van der Waals surface area (Å²) in [6, 6.07) is 5.71. The molecule has 0 aliphatic heterocycles. The van der Waals surface area contributed by atoms with E-state index in [2.05, 4.69) is 25.3 Å². The summed E-state index contributed by atoms with van der Waals surface area (Å²) < 4.78 is 2.33. The van der Waals surface area contributed by atoms with Gasteiger partial charge in [0.05, 0.1) is 16.6 Å². The minimum Gasteiger partial charge on any atom is -0.478 e.